The van der Waals surface area contributed by atoms with Gasteiger partial charge in [0.05, 0.1) is 23.9 Å². The average Bonchev–Trinajstić information content (AvgIpc) is 2.58. The van der Waals surface area contributed by atoms with Gasteiger partial charge in [0, 0.05) is 25.2 Å². The number of amides is 1. The lowest BCUT2D eigenvalue weighted by Crippen LogP contribution is -2.31. The number of carbonyl (C=O) groups excluding carboxylic acids is 1. The zero-order chi connectivity index (χ0) is 17.3. The molecule has 1 aromatic heterocycles. The summed E-state index contributed by atoms with van der Waals surface area (Å²) in [5, 5.41) is 0. The van der Waals surface area contributed by atoms with Crippen LogP contribution in [0.5, 0.6) is 5.88 Å². The van der Waals surface area contributed by atoms with Crippen molar-refractivity contribution in [1.29, 1.82) is 0 Å². The van der Waals surface area contributed by atoms with Crippen LogP contribution in [0.2, 0.25) is 0 Å². The van der Waals surface area contributed by atoms with Crippen LogP contribution in [0.25, 0.3) is 0 Å². The molecule has 0 atom stereocenters. The van der Waals surface area contributed by atoms with Gasteiger partial charge in [0.15, 0.2) is 0 Å². The maximum Gasteiger partial charge on any atom is 0.261 e. The Hall–Kier alpha value is -2.61. The second-order valence-electron chi connectivity index (χ2n) is 5.44. The molecule has 8 heteroatoms. The molecule has 0 spiro atoms. The number of fused-ring (bicyclic) bond motifs is 1. The maximum absolute atomic E-state index is 12.5. The van der Waals surface area contributed by atoms with Gasteiger partial charge in [-0.3, -0.25) is 9.52 Å². The Bertz CT molecular complexity index is 879. The molecule has 7 nitrogen and oxygen atoms in total. The monoisotopic (exact) mass is 347 g/mol. The standard InChI is InChI=1S/C16H17N3O4S/c1-19-14-6-5-13(9-11(14)3-8-16(19)20)24(21,22)18-12-4-7-15(23-2)17-10-12/h4-7,9-10,18H,3,8H2,1-2H3. The summed E-state index contributed by atoms with van der Waals surface area (Å²) in [6, 6.07) is 7.91. The molecule has 0 fully saturated rings. The van der Waals surface area contributed by atoms with Gasteiger partial charge in [0.25, 0.3) is 10.0 Å². The van der Waals surface area contributed by atoms with Crippen molar-refractivity contribution < 1.29 is 17.9 Å². The van der Waals surface area contributed by atoms with Crippen molar-refractivity contribution in [1.82, 2.24) is 4.98 Å². The maximum atomic E-state index is 12.5. The zero-order valence-electron chi connectivity index (χ0n) is 13.3. The van der Waals surface area contributed by atoms with E-state index >= 15 is 0 Å². The summed E-state index contributed by atoms with van der Waals surface area (Å²) >= 11 is 0. The van der Waals surface area contributed by atoms with E-state index in [4.69, 9.17) is 4.74 Å². The van der Waals surface area contributed by atoms with Crippen LogP contribution in [0.4, 0.5) is 11.4 Å². The number of aromatic nitrogens is 1. The normalized spacial score (nSPS) is 14.2. The topological polar surface area (TPSA) is 88.6 Å². The van der Waals surface area contributed by atoms with Crippen LogP contribution in [0.15, 0.2) is 41.4 Å². The number of nitrogens with zero attached hydrogens (tertiary/aromatic N) is 2. The quantitative estimate of drug-likeness (QED) is 0.911. The molecule has 3 rings (SSSR count). The molecule has 126 valence electrons. The average molecular weight is 347 g/mol. The molecule has 0 radical (unpaired) electrons. The predicted octanol–water partition coefficient (Wildman–Crippen LogP) is 1.80. The van der Waals surface area contributed by atoms with Crippen molar-refractivity contribution in [2.75, 3.05) is 23.8 Å². The number of nitrogens with one attached hydrogen (secondary N) is 1. The van der Waals surface area contributed by atoms with Gasteiger partial charge in [-0.15, -0.1) is 0 Å². The number of carbonyl (C=O) groups is 1. The van der Waals surface area contributed by atoms with E-state index in [1.165, 1.54) is 19.4 Å². The van der Waals surface area contributed by atoms with Gasteiger partial charge in [-0.05, 0) is 36.2 Å². The van der Waals surface area contributed by atoms with E-state index in [0.29, 0.717) is 24.4 Å². The fourth-order valence-corrected chi connectivity index (χ4v) is 3.67. The van der Waals surface area contributed by atoms with E-state index in [2.05, 4.69) is 9.71 Å². The number of methoxy groups -OCH3 is 1. The van der Waals surface area contributed by atoms with Crippen molar-refractivity contribution in [2.24, 2.45) is 0 Å². The van der Waals surface area contributed by atoms with Crippen LogP contribution in [0.1, 0.15) is 12.0 Å². The summed E-state index contributed by atoms with van der Waals surface area (Å²) in [5.74, 6) is 0.431. The van der Waals surface area contributed by atoms with Crippen LogP contribution in [0, 0.1) is 0 Å². The molecular weight excluding hydrogens is 330 g/mol. The second kappa shape index (κ2) is 6.12. The summed E-state index contributed by atoms with van der Waals surface area (Å²) in [6.07, 6.45) is 2.30. The highest BCUT2D eigenvalue weighted by atomic mass is 32.2. The fourth-order valence-electron chi connectivity index (χ4n) is 2.58. The van der Waals surface area contributed by atoms with Crippen molar-refractivity contribution in [2.45, 2.75) is 17.7 Å². The SMILES string of the molecule is COc1ccc(NS(=O)(=O)c2ccc3c(c2)CCC(=O)N3C)cn1. The lowest BCUT2D eigenvalue weighted by molar-refractivity contribution is -0.118. The van der Waals surface area contributed by atoms with E-state index in [0.717, 1.165) is 11.3 Å². The van der Waals surface area contributed by atoms with Gasteiger partial charge in [-0.2, -0.15) is 0 Å². The Kier molecular flexibility index (Phi) is 4.15. The minimum Gasteiger partial charge on any atom is -0.481 e. The largest absolute Gasteiger partial charge is 0.481 e. The highest BCUT2D eigenvalue weighted by molar-refractivity contribution is 7.92. The van der Waals surface area contributed by atoms with Crippen molar-refractivity contribution in [3.05, 3.63) is 42.1 Å². The van der Waals surface area contributed by atoms with Gasteiger partial charge in [0.2, 0.25) is 11.8 Å². The first-order chi connectivity index (χ1) is 11.4. The molecule has 0 unspecified atom stereocenters. The third-order valence-electron chi connectivity index (χ3n) is 3.90. The molecule has 0 aliphatic carbocycles. The minimum atomic E-state index is -3.73. The number of benzene rings is 1. The molecule has 1 aliphatic rings. The number of anilines is 2. The molecular formula is C16H17N3O4S. The van der Waals surface area contributed by atoms with E-state index in [1.54, 1.807) is 36.2 Å². The van der Waals surface area contributed by atoms with E-state index < -0.39 is 10.0 Å². The Balaban J connectivity index is 1.88. The van der Waals surface area contributed by atoms with Gasteiger partial charge < -0.3 is 9.64 Å². The van der Waals surface area contributed by atoms with Crippen LogP contribution in [0.3, 0.4) is 0 Å². The number of aryl methyl sites for hydroxylation is 1. The zero-order valence-corrected chi connectivity index (χ0v) is 14.1. The van der Waals surface area contributed by atoms with Crippen molar-refractivity contribution >= 4 is 27.3 Å². The molecule has 1 amide bonds. The molecule has 2 heterocycles. The molecule has 1 aromatic carbocycles. The lowest BCUT2D eigenvalue weighted by Gasteiger charge is -2.26. The van der Waals surface area contributed by atoms with E-state index in [-0.39, 0.29) is 10.8 Å². The summed E-state index contributed by atoms with van der Waals surface area (Å²) < 4.78 is 32.5. The summed E-state index contributed by atoms with van der Waals surface area (Å²) in [4.78, 5) is 17.4. The Labute approximate surface area is 140 Å². The highest BCUT2D eigenvalue weighted by Gasteiger charge is 2.23. The Morgan fingerprint density at radius 1 is 1.21 bits per heavy atom. The van der Waals surface area contributed by atoms with Crippen LogP contribution < -0.4 is 14.4 Å². The first-order valence-electron chi connectivity index (χ1n) is 7.33. The van der Waals surface area contributed by atoms with Gasteiger partial charge in [-0.1, -0.05) is 0 Å². The first-order valence-corrected chi connectivity index (χ1v) is 8.81. The first kappa shape index (κ1) is 16.3. The fraction of sp³-hybridized carbons (Fsp3) is 0.250. The molecule has 1 aliphatic heterocycles. The van der Waals surface area contributed by atoms with Crippen LogP contribution >= 0.6 is 0 Å². The van der Waals surface area contributed by atoms with Gasteiger partial charge in [0.1, 0.15) is 0 Å². The predicted molar refractivity (Wildman–Crippen MR) is 89.8 cm³/mol. The summed E-state index contributed by atoms with van der Waals surface area (Å²) in [7, 11) is -0.554. The highest BCUT2D eigenvalue weighted by Crippen LogP contribution is 2.29. The van der Waals surface area contributed by atoms with Gasteiger partial charge in [-0.25, -0.2) is 13.4 Å². The minimum absolute atomic E-state index is 0.0283. The Morgan fingerprint density at radius 3 is 2.67 bits per heavy atom. The molecule has 0 saturated heterocycles. The summed E-state index contributed by atoms with van der Waals surface area (Å²) in [5.41, 5.74) is 1.94. The summed E-state index contributed by atoms with van der Waals surface area (Å²) in [6.45, 7) is 0. The molecule has 0 saturated carbocycles. The van der Waals surface area contributed by atoms with Crippen molar-refractivity contribution in [3.8, 4) is 5.88 Å². The molecule has 2 aromatic rings. The third-order valence-corrected chi connectivity index (χ3v) is 5.28. The van der Waals surface area contributed by atoms with Crippen LogP contribution in [-0.2, 0) is 21.2 Å². The smallest absolute Gasteiger partial charge is 0.261 e. The number of hydrogen-bond acceptors (Lipinski definition) is 5. The van der Waals surface area contributed by atoms with Crippen LogP contribution in [-0.4, -0.2) is 33.5 Å². The number of hydrogen-bond donors (Lipinski definition) is 1. The molecule has 0 bridgehead atoms. The number of ether oxygens (including phenoxy) is 1. The van der Waals surface area contributed by atoms with Crippen molar-refractivity contribution in [3.63, 3.8) is 0 Å². The second-order valence-corrected chi connectivity index (χ2v) is 7.12. The Morgan fingerprint density at radius 2 is 2.00 bits per heavy atom. The lowest BCUT2D eigenvalue weighted by atomic mass is 10.0. The molecule has 24 heavy (non-hydrogen) atoms. The number of rotatable bonds is 4. The van der Waals surface area contributed by atoms with E-state index in [1.807, 2.05) is 0 Å². The third kappa shape index (κ3) is 3.05. The number of sulfonamides is 1. The number of pyridine rings is 1. The van der Waals surface area contributed by atoms with E-state index in [9.17, 15) is 13.2 Å². The van der Waals surface area contributed by atoms with Gasteiger partial charge >= 0.3 is 0 Å². The molecule has 1 N–H and O–H groups in total.